The summed E-state index contributed by atoms with van der Waals surface area (Å²) in [5.41, 5.74) is -3.83. The summed E-state index contributed by atoms with van der Waals surface area (Å²) in [6.45, 7) is 22.0. The first-order valence-corrected chi connectivity index (χ1v) is 22.0. The Morgan fingerprint density at radius 1 is 0.567 bits per heavy atom. The highest BCUT2D eigenvalue weighted by Gasteiger charge is 2.39. The molecule has 0 saturated carbocycles. The number of carbonyl (C=O) groups excluding carboxylic acids is 7. The smallest absolute Gasteiger partial charge is 0.245 e. The fourth-order valence-electron chi connectivity index (χ4n) is 6.03. The molecule has 60 heavy (non-hydrogen) atoms. The van der Waals surface area contributed by atoms with E-state index in [1.165, 1.54) is 13.8 Å². The van der Waals surface area contributed by atoms with Crippen LogP contribution in [0.4, 0.5) is 0 Å². The Kier molecular flexibility index (Phi) is 26.1. The van der Waals surface area contributed by atoms with Crippen LogP contribution >= 0.6 is 0 Å². The number of carbonyl (C=O) groups is 7. The number of hydrogen-bond acceptors (Lipinski definition) is 10. The molecule has 0 aromatic heterocycles. The minimum Gasteiger partial charge on any atom is -0.395 e. The number of rotatable bonds is 31. The van der Waals surface area contributed by atoms with E-state index in [0.29, 0.717) is 32.4 Å². The molecule has 0 aliphatic heterocycles. The minimum atomic E-state index is -1.51. The van der Waals surface area contributed by atoms with Gasteiger partial charge in [0.2, 0.25) is 41.4 Å². The van der Waals surface area contributed by atoms with Crippen molar-refractivity contribution >= 4 is 41.4 Å². The van der Waals surface area contributed by atoms with Gasteiger partial charge in [0.15, 0.2) is 0 Å². The molecule has 0 aliphatic carbocycles. The molecule has 348 valence electrons. The Bertz CT molecular complexity index is 1370. The Morgan fingerprint density at radius 2 is 1.08 bits per heavy atom. The van der Waals surface area contributed by atoms with Crippen molar-refractivity contribution in [2.45, 2.75) is 188 Å². The molecule has 0 bridgehead atoms. The quantitative estimate of drug-likeness (QED) is 0.0452. The van der Waals surface area contributed by atoms with Gasteiger partial charge < -0.3 is 53.0 Å². The molecule has 10 N–H and O–H groups in total. The average Bonchev–Trinajstić information content (AvgIpc) is 3.14. The van der Waals surface area contributed by atoms with Crippen LogP contribution in [0.25, 0.3) is 0 Å². The van der Waals surface area contributed by atoms with Crippen LogP contribution in [0.15, 0.2) is 0 Å². The standard InChI is InChI=1S/C43H83N9O8/c1-14-15-16-17-18-19-20-31(49-39(59)43(11,12)52-40(60)41(7,8)44-13)36(56)48-33(26-29(4)5)37(57)51-42(9,10)38(58)50-32(25-28(2)3)35(55)46-22-21-34(54)47-30(6)27-45-23-24-53/h28-33,44-45,53H,14-27H2,1-13H3,(H,46,55)(H,47,54)(H,48,56)(H,49,59)(H,50,58)(H,51,57)(H,52,60)/t30-,31-,32-,33-/m0/s1. The van der Waals surface area contributed by atoms with Crippen LogP contribution < -0.4 is 47.9 Å². The number of likely N-dealkylation sites (N-methyl/N-ethyl adjacent to an activating group) is 1. The summed E-state index contributed by atoms with van der Waals surface area (Å²) in [6.07, 6.45) is 6.61. The van der Waals surface area contributed by atoms with E-state index in [4.69, 9.17) is 5.11 Å². The van der Waals surface area contributed by atoms with E-state index < -0.39 is 70.2 Å². The highest BCUT2D eigenvalue weighted by molar-refractivity contribution is 5.98. The SMILES string of the molecule is CCCCCCCC[C@H](NC(=O)C(C)(C)NC(=O)C(C)(C)NC)C(=O)N[C@@H](CC(C)C)C(=O)NC(C)(C)C(=O)N[C@@H](CC(C)C)C(=O)NCCC(=O)N[C@@H](C)CNCCO. The lowest BCUT2D eigenvalue weighted by atomic mass is 9.97. The summed E-state index contributed by atoms with van der Waals surface area (Å²) in [7, 11) is 1.64. The first-order chi connectivity index (χ1) is 27.8. The number of aliphatic hydroxyl groups excluding tert-OH is 1. The molecule has 0 aromatic carbocycles. The number of unbranched alkanes of at least 4 members (excludes halogenated alkanes) is 5. The van der Waals surface area contributed by atoms with Gasteiger partial charge in [-0.05, 0) is 86.6 Å². The molecule has 4 atom stereocenters. The van der Waals surface area contributed by atoms with E-state index in [-0.39, 0.29) is 49.8 Å². The van der Waals surface area contributed by atoms with Crippen LogP contribution in [0.1, 0.15) is 147 Å². The molecule has 0 saturated heterocycles. The van der Waals surface area contributed by atoms with Crippen molar-refractivity contribution < 1.29 is 38.7 Å². The second-order valence-corrected chi connectivity index (χ2v) is 18.4. The Labute approximate surface area is 360 Å². The van der Waals surface area contributed by atoms with Gasteiger partial charge in [-0.15, -0.1) is 0 Å². The fraction of sp³-hybridized carbons (Fsp3) is 0.837. The molecular formula is C43H83N9O8. The third-order valence-electron chi connectivity index (χ3n) is 10.1. The summed E-state index contributed by atoms with van der Waals surface area (Å²) < 4.78 is 0. The predicted molar refractivity (Wildman–Crippen MR) is 235 cm³/mol. The third kappa shape index (κ3) is 22.7. The number of amides is 7. The highest BCUT2D eigenvalue weighted by atomic mass is 16.3. The predicted octanol–water partition coefficient (Wildman–Crippen LogP) is 1.66. The van der Waals surface area contributed by atoms with E-state index in [2.05, 4.69) is 54.8 Å². The van der Waals surface area contributed by atoms with Gasteiger partial charge in [-0.3, -0.25) is 33.6 Å². The Balaban J connectivity index is 5.96. The van der Waals surface area contributed by atoms with Crippen molar-refractivity contribution in [1.29, 1.82) is 0 Å². The molecule has 0 heterocycles. The number of aliphatic hydroxyl groups is 1. The van der Waals surface area contributed by atoms with Gasteiger partial charge in [-0.1, -0.05) is 73.1 Å². The zero-order valence-corrected chi connectivity index (χ0v) is 39.2. The first-order valence-electron chi connectivity index (χ1n) is 22.0. The average molecular weight is 854 g/mol. The third-order valence-corrected chi connectivity index (χ3v) is 10.1. The largest absolute Gasteiger partial charge is 0.395 e. The maximum absolute atomic E-state index is 14.0. The zero-order valence-electron chi connectivity index (χ0n) is 39.2. The molecule has 0 rings (SSSR count). The van der Waals surface area contributed by atoms with E-state index >= 15 is 0 Å². The molecule has 0 unspecified atom stereocenters. The van der Waals surface area contributed by atoms with E-state index in [1.54, 1.807) is 34.7 Å². The van der Waals surface area contributed by atoms with Crippen molar-refractivity contribution in [2.24, 2.45) is 11.8 Å². The van der Waals surface area contributed by atoms with Crippen molar-refractivity contribution in [3.05, 3.63) is 0 Å². The molecule has 0 aromatic rings. The molecule has 0 fully saturated rings. The summed E-state index contributed by atoms with van der Waals surface area (Å²) in [5.74, 6) is -3.50. The summed E-state index contributed by atoms with van der Waals surface area (Å²) >= 11 is 0. The van der Waals surface area contributed by atoms with Gasteiger partial charge >= 0.3 is 0 Å². The molecule has 0 spiro atoms. The van der Waals surface area contributed by atoms with Crippen molar-refractivity contribution in [3.8, 4) is 0 Å². The van der Waals surface area contributed by atoms with Crippen molar-refractivity contribution in [2.75, 3.05) is 33.3 Å². The number of nitrogens with one attached hydrogen (secondary N) is 9. The summed E-state index contributed by atoms with van der Waals surface area (Å²) in [4.78, 5) is 93.8. The van der Waals surface area contributed by atoms with Crippen molar-refractivity contribution in [3.63, 3.8) is 0 Å². The lowest BCUT2D eigenvalue weighted by molar-refractivity contribution is -0.138. The molecule has 0 aliphatic rings. The van der Waals surface area contributed by atoms with Crippen LogP contribution in [-0.4, -0.2) is 121 Å². The Hall–Kier alpha value is -3.83. The van der Waals surface area contributed by atoms with Crippen LogP contribution in [0.2, 0.25) is 0 Å². The molecule has 7 amide bonds. The monoisotopic (exact) mass is 854 g/mol. The second kappa shape index (κ2) is 27.9. The topological polar surface area (TPSA) is 248 Å². The maximum atomic E-state index is 14.0. The van der Waals surface area contributed by atoms with E-state index in [9.17, 15) is 33.6 Å². The lowest BCUT2D eigenvalue weighted by Crippen LogP contribution is -2.64. The summed E-state index contributed by atoms with van der Waals surface area (Å²) in [5, 5.41) is 34.4. The van der Waals surface area contributed by atoms with Crippen LogP contribution in [0, 0.1) is 11.8 Å². The van der Waals surface area contributed by atoms with Gasteiger partial charge in [0.05, 0.1) is 12.1 Å². The van der Waals surface area contributed by atoms with Crippen LogP contribution in [0.5, 0.6) is 0 Å². The Morgan fingerprint density at radius 3 is 1.62 bits per heavy atom. The summed E-state index contributed by atoms with van der Waals surface area (Å²) in [6, 6.07) is -3.20. The van der Waals surface area contributed by atoms with Crippen LogP contribution in [0.3, 0.4) is 0 Å². The minimum absolute atomic E-state index is 0.0104. The van der Waals surface area contributed by atoms with E-state index in [0.717, 1.165) is 32.1 Å². The fourth-order valence-corrected chi connectivity index (χ4v) is 6.03. The van der Waals surface area contributed by atoms with Gasteiger partial charge in [0.1, 0.15) is 29.2 Å². The normalized spacial score (nSPS) is 14.1. The van der Waals surface area contributed by atoms with Gasteiger partial charge in [-0.2, -0.15) is 0 Å². The van der Waals surface area contributed by atoms with Crippen LogP contribution in [-0.2, 0) is 33.6 Å². The van der Waals surface area contributed by atoms with Gasteiger partial charge in [0.25, 0.3) is 0 Å². The first kappa shape index (κ1) is 56.2. The van der Waals surface area contributed by atoms with E-state index in [1.807, 2.05) is 34.6 Å². The van der Waals surface area contributed by atoms with Gasteiger partial charge in [-0.25, -0.2) is 0 Å². The zero-order chi connectivity index (χ0) is 46.3. The second-order valence-electron chi connectivity index (χ2n) is 18.4. The van der Waals surface area contributed by atoms with Gasteiger partial charge in [0, 0.05) is 32.1 Å². The highest BCUT2D eigenvalue weighted by Crippen LogP contribution is 2.15. The molecule has 17 nitrogen and oxygen atoms in total. The molecule has 17 heteroatoms. The maximum Gasteiger partial charge on any atom is 0.245 e. The molecular weight excluding hydrogens is 771 g/mol. The molecule has 0 radical (unpaired) electrons. The van der Waals surface area contributed by atoms with Crippen molar-refractivity contribution in [1.82, 2.24) is 47.9 Å². The lowest BCUT2D eigenvalue weighted by Gasteiger charge is -2.33. The number of hydrogen-bond donors (Lipinski definition) is 10.